The van der Waals surface area contributed by atoms with Crippen LogP contribution >= 0.6 is 22.9 Å². The van der Waals surface area contributed by atoms with E-state index in [4.69, 9.17) is 11.6 Å². The van der Waals surface area contributed by atoms with Gasteiger partial charge in [0.05, 0.1) is 17.0 Å². The molecule has 0 amide bonds. The molecular weight excluding hydrogens is 437 g/mol. The van der Waals surface area contributed by atoms with Crippen molar-refractivity contribution in [1.82, 2.24) is 9.47 Å². The number of pyridine rings is 1. The van der Waals surface area contributed by atoms with Crippen LogP contribution in [0.25, 0.3) is 0 Å². The van der Waals surface area contributed by atoms with Crippen molar-refractivity contribution < 1.29 is 18.0 Å². The number of piperidine rings is 1. The number of alkyl halides is 2. The van der Waals surface area contributed by atoms with Crippen molar-refractivity contribution >= 4 is 28.7 Å². The molecule has 0 unspecified atom stereocenters. The number of ketones is 1. The number of hydrogen-bond acceptors (Lipinski definition) is 4. The Bertz CT molecular complexity index is 1050. The molecule has 2 aromatic rings. The molecule has 1 aliphatic heterocycles. The number of hydrogen-bond donors (Lipinski definition) is 0. The van der Waals surface area contributed by atoms with Gasteiger partial charge in [-0.15, -0.1) is 11.3 Å². The number of aromatic nitrogens is 1. The van der Waals surface area contributed by atoms with Crippen LogP contribution in [0.5, 0.6) is 0 Å². The molecule has 3 heterocycles. The van der Waals surface area contributed by atoms with Crippen LogP contribution in [0.1, 0.15) is 33.6 Å². The third kappa shape index (κ3) is 5.75. The first-order valence-electron chi connectivity index (χ1n) is 9.42. The smallest absolute Gasteiger partial charge is 0.286 e. The lowest BCUT2D eigenvalue weighted by atomic mass is 9.97. The molecule has 0 radical (unpaired) electrons. The molecule has 160 valence electrons. The Labute approximate surface area is 181 Å². The fraction of sp³-hybridized carbons (Fsp3) is 0.429. The number of rotatable bonds is 5. The molecule has 0 saturated carbocycles. The SMILES string of the molecule is CN1CCC(C#Cc2cc(C(=O)Cc3cc(F)c(=O)n(CC(F)F)c3)sc2Cl)CC1. The van der Waals surface area contributed by atoms with E-state index in [2.05, 4.69) is 23.8 Å². The van der Waals surface area contributed by atoms with Crippen LogP contribution in [0, 0.1) is 23.6 Å². The van der Waals surface area contributed by atoms with Gasteiger partial charge in [-0.2, -0.15) is 0 Å². The third-order valence-electron chi connectivity index (χ3n) is 4.89. The minimum Gasteiger partial charge on any atom is -0.307 e. The highest BCUT2D eigenvalue weighted by Gasteiger charge is 2.17. The first-order chi connectivity index (χ1) is 14.2. The maximum atomic E-state index is 13.8. The molecule has 0 N–H and O–H groups in total. The number of nitrogens with zero attached hydrogens (tertiary/aromatic N) is 2. The van der Waals surface area contributed by atoms with Gasteiger partial charge in [0.2, 0.25) is 0 Å². The van der Waals surface area contributed by atoms with Crippen molar-refractivity contribution in [2.24, 2.45) is 5.92 Å². The average Bonchev–Trinajstić information content (AvgIpc) is 3.06. The average molecular weight is 457 g/mol. The lowest BCUT2D eigenvalue weighted by Crippen LogP contribution is -2.29. The zero-order valence-electron chi connectivity index (χ0n) is 16.3. The molecule has 3 rings (SSSR count). The molecule has 0 aromatic carbocycles. The lowest BCUT2D eigenvalue weighted by Gasteiger charge is -2.25. The number of thiophene rings is 1. The summed E-state index contributed by atoms with van der Waals surface area (Å²) >= 11 is 7.30. The zero-order valence-corrected chi connectivity index (χ0v) is 17.8. The Morgan fingerprint density at radius 3 is 2.70 bits per heavy atom. The van der Waals surface area contributed by atoms with Crippen LogP contribution in [0.3, 0.4) is 0 Å². The van der Waals surface area contributed by atoms with Gasteiger partial charge in [0.1, 0.15) is 4.34 Å². The van der Waals surface area contributed by atoms with Crippen LogP contribution in [0.2, 0.25) is 4.34 Å². The summed E-state index contributed by atoms with van der Waals surface area (Å²) < 4.78 is 39.9. The minimum atomic E-state index is -2.81. The molecule has 2 aromatic heterocycles. The van der Waals surface area contributed by atoms with Gasteiger partial charge in [-0.25, -0.2) is 13.2 Å². The quantitative estimate of drug-likeness (QED) is 0.503. The fourth-order valence-electron chi connectivity index (χ4n) is 3.24. The second-order valence-electron chi connectivity index (χ2n) is 7.29. The van der Waals surface area contributed by atoms with Gasteiger partial charge in [0, 0.05) is 18.5 Å². The first kappa shape index (κ1) is 22.6. The van der Waals surface area contributed by atoms with Gasteiger partial charge in [-0.3, -0.25) is 9.59 Å². The van der Waals surface area contributed by atoms with Gasteiger partial charge >= 0.3 is 0 Å². The van der Waals surface area contributed by atoms with Gasteiger partial charge in [-0.1, -0.05) is 23.4 Å². The Balaban J connectivity index is 1.73. The zero-order chi connectivity index (χ0) is 21.8. The van der Waals surface area contributed by atoms with Gasteiger partial charge < -0.3 is 9.47 Å². The van der Waals surface area contributed by atoms with Crippen molar-refractivity contribution in [2.75, 3.05) is 20.1 Å². The predicted molar refractivity (Wildman–Crippen MR) is 111 cm³/mol. The van der Waals surface area contributed by atoms with E-state index in [9.17, 15) is 22.8 Å². The fourth-order valence-corrected chi connectivity index (χ4v) is 4.36. The predicted octanol–water partition coefficient (Wildman–Crippen LogP) is 4.09. The molecule has 0 aliphatic carbocycles. The van der Waals surface area contributed by atoms with Crippen molar-refractivity contribution in [3.63, 3.8) is 0 Å². The molecule has 4 nitrogen and oxygen atoms in total. The summed E-state index contributed by atoms with van der Waals surface area (Å²) in [6.45, 7) is 1.05. The molecular formula is C21H20ClF3N2O2S. The van der Waals surface area contributed by atoms with E-state index < -0.39 is 24.3 Å². The Kier molecular flexibility index (Phi) is 7.40. The summed E-state index contributed by atoms with van der Waals surface area (Å²) in [6, 6.07) is 2.50. The van der Waals surface area contributed by atoms with Crippen LogP contribution in [0.15, 0.2) is 23.1 Å². The number of halogens is 4. The maximum Gasteiger partial charge on any atom is 0.286 e. The van der Waals surface area contributed by atoms with E-state index in [1.807, 2.05) is 0 Å². The third-order valence-corrected chi connectivity index (χ3v) is 6.29. The summed E-state index contributed by atoms with van der Waals surface area (Å²) in [5.74, 6) is 5.03. The van der Waals surface area contributed by atoms with Crippen LogP contribution in [0.4, 0.5) is 13.2 Å². The largest absolute Gasteiger partial charge is 0.307 e. The minimum absolute atomic E-state index is 0.140. The number of Topliss-reactive ketones (excluding diaryl/α,β-unsaturated/α-hetero) is 1. The van der Waals surface area contributed by atoms with Crippen molar-refractivity contribution in [3.05, 3.63) is 54.8 Å². The van der Waals surface area contributed by atoms with Crippen LogP contribution < -0.4 is 5.56 Å². The Morgan fingerprint density at radius 1 is 1.33 bits per heavy atom. The summed E-state index contributed by atoms with van der Waals surface area (Å²) in [5.41, 5.74) is -0.434. The Hall–Kier alpha value is -2.08. The second-order valence-corrected chi connectivity index (χ2v) is 8.94. The van der Waals surface area contributed by atoms with E-state index in [1.54, 1.807) is 6.07 Å². The topological polar surface area (TPSA) is 42.3 Å². The summed E-state index contributed by atoms with van der Waals surface area (Å²) in [7, 11) is 2.07. The van der Waals surface area contributed by atoms with E-state index in [1.165, 1.54) is 0 Å². The second kappa shape index (κ2) is 9.82. The summed E-state index contributed by atoms with van der Waals surface area (Å²) in [6.07, 6.45) is 0.00761. The van der Waals surface area contributed by atoms with Gasteiger partial charge in [0.15, 0.2) is 11.6 Å². The monoisotopic (exact) mass is 456 g/mol. The highest BCUT2D eigenvalue weighted by atomic mass is 35.5. The molecule has 0 atom stereocenters. The van der Waals surface area contributed by atoms with E-state index in [-0.39, 0.29) is 23.7 Å². The molecule has 1 saturated heterocycles. The molecule has 9 heteroatoms. The van der Waals surface area contributed by atoms with Crippen molar-refractivity contribution in [3.8, 4) is 11.8 Å². The van der Waals surface area contributed by atoms with E-state index >= 15 is 0 Å². The van der Waals surface area contributed by atoms with E-state index in [0.717, 1.165) is 49.5 Å². The highest BCUT2D eigenvalue weighted by molar-refractivity contribution is 7.18. The summed E-state index contributed by atoms with van der Waals surface area (Å²) in [4.78, 5) is 26.8. The normalized spacial score (nSPS) is 15.3. The molecule has 0 bridgehead atoms. The molecule has 30 heavy (non-hydrogen) atoms. The lowest BCUT2D eigenvalue weighted by molar-refractivity contribution is 0.0996. The van der Waals surface area contributed by atoms with Crippen LogP contribution in [-0.2, 0) is 13.0 Å². The number of carbonyl (C=O) groups is 1. The van der Waals surface area contributed by atoms with Crippen LogP contribution in [-0.4, -0.2) is 41.8 Å². The number of likely N-dealkylation sites (tertiary alicyclic amines) is 1. The highest BCUT2D eigenvalue weighted by Crippen LogP contribution is 2.28. The molecule has 1 fully saturated rings. The van der Waals surface area contributed by atoms with Crippen molar-refractivity contribution in [2.45, 2.75) is 32.2 Å². The first-order valence-corrected chi connectivity index (χ1v) is 10.6. The Morgan fingerprint density at radius 2 is 2.03 bits per heavy atom. The number of carbonyl (C=O) groups excluding carboxylic acids is 1. The van der Waals surface area contributed by atoms with Gasteiger partial charge in [0.25, 0.3) is 12.0 Å². The maximum absolute atomic E-state index is 13.8. The standard InChI is InChI=1S/C21H20ClF3N2O2S/c1-26-6-4-13(5-7-26)2-3-15-10-18(30-20(15)22)17(28)9-14-8-16(23)21(29)27(11-14)12-19(24)25/h8,10-11,13,19H,4-7,9,12H2,1H3. The summed E-state index contributed by atoms with van der Waals surface area (Å²) in [5, 5.41) is 0. The van der Waals surface area contributed by atoms with E-state index in [0.29, 0.717) is 19.3 Å². The van der Waals surface area contributed by atoms with Gasteiger partial charge in [-0.05, 0) is 50.7 Å². The molecule has 0 spiro atoms. The molecule has 1 aliphatic rings. The van der Waals surface area contributed by atoms with Crippen molar-refractivity contribution in [1.29, 1.82) is 0 Å².